The Morgan fingerprint density at radius 1 is 0.909 bits per heavy atom. The van der Waals surface area contributed by atoms with E-state index in [1.165, 1.54) is 0 Å². The third-order valence-corrected chi connectivity index (χ3v) is 10.2. The molecule has 2 aliphatic heterocycles. The van der Waals surface area contributed by atoms with E-state index in [1.54, 1.807) is 24.1 Å². The number of benzene rings is 3. The zero-order chi connectivity index (χ0) is 38.1. The molecule has 0 spiro atoms. The van der Waals surface area contributed by atoms with Gasteiger partial charge in [0.15, 0.2) is 0 Å². The first kappa shape index (κ1) is 35.2. The Morgan fingerprint density at radius 2 is 1.75 bits per heavy atom. The van der Waals surface area contributed by atoms with Gasteiger partial charge in [-0.05, 0) is 41.1 Å². The first-order valence-corrected chi connectivity index (χ1v) is 18.4. The normalized spacial score (nSPS) is 14.0. The molecular weight excluding hydrogens is 693 g/mol. The number of nitrogens with one attached hydrogen (secondary N) is 2. The summed E-state index contributed by atoms with van der Waals surface area (Å²) in [5.74, 6) is 6.86. The molecule has 6 aromatic rings. The third kappa shape index (κ3) is 6.88. The summed E-state index contributed by atoms with van der Waals surface area (Å²) in [5.41, 5.74) is 6.26. The number of aryl methyl sites for hydroxylation is 1. The molecule has 5 amide bonds. The van der Waals surface area contributed by atoms with E-state index in [0.717, 1.165) is 79.8 Å². The predicted octanol–water partition coefficient (Wildman–Crippen LogP) is 5.86. The molecule has 0 bridgehead atoms. The Kier molecular flexibility index (Phi) is 9.51. The summed E-state index contributed by atoms with van der Waals surface area (Å²) in [7, 11) is 0. The van der Waals surface area contributed by atoms with Crippen molar-refractivity contribution in [1.82, 2.24) is 35.1 Å². The summed E-state index contributed by atoms with van der Waals surface area (Å²) < 4.78 is 2.25. The largest absolute Gasteiger partial charge is 0.350 e. The number of carbonyl (C=O) groups is 4. The van der Waals surface area contributed by atoms with E-state index in [0.29, 0.717) is 38.3 Å². The highest BCUT2D eigenvalue weighted by molar-refractivity contribution is 6.10. The Balaban J connectivity index is 0.928. The van der Waals surface area contributed by atoms with Crippen LogP contribution in [0.3, 0.4) is 0 Å². The summed E-state index contributed by atoms with van der Waals surface area (Å²) in [6, 6.07) is 22.7. The number of amides is 5. The Morgan fingerprint density at radius 3 is 2.55 bits per heavy atom. The lowest BCUT2D eigenvalue weighted by Crippen LogP contribution is -2.49. The number of imidazole rings is 1. The van der Waals surface area contributed by atoms with Crippen LogP contribution in [0.25, 0.3) is 44.1 Å². The standard InChI is InChI=1S/C43H38N8O4/c1-3-39-47-41(38-26-49(27(2)52)21-22-50(38)39)33-14-7-11-29-23-36(46-25-34(29)33)30-16-17-35(45-24-30)42(54)44-19-5-4-9-28-10-6-13-32-31(28)12-8-15-37(32)51-20-18-40(53)48-43(51)55/h6-8,10-17,23-25H,3,5,18-22,26H2,1-2H3,(H,44,54)(H,48,53,55). The van der Waals surface area contributed by atoms with Crippen molar-refractivity contribution in [2.75, 3.05) is 24.5 Å². The lowest BCUT2D eigenvalue weighted by Gasteiger charge is -2.28. The van der Waals surface area contributed by atoms with Crippen molar-refractivity contribution in [2.24, 2.45) is 0 Å². The molecule has 0 saturated carbocycles. The topological polar surface area (TPSA) is 142 Å². The number of nitrogens with zero attached hydrogens (tertiary/aromatic N) is 6. The van der Waals surface area contributed by atoms with Crippen LogP contribution in [0.4, 0.5) is 10.5 Å². The highest BCUT2D eigenvalue weighted by Crippen LogP contribution is 2.35. The van der Waals surface area contributed by atoms with Gasteiger partial charge < -0.3 is 14.8 Å². The van der Waals surface area contributed by atoms with Gasteiger partial charge in [0.2, 0.25) is 11.8 Å². The van der Waals surface area contributed by atoms with Gasteiger partial charge in [0.1, 0.15) is 11.5 Å². The molecule has 0 radical (unpaired) electrons. The van der Waals surface area contributed by atoms with Crippen LogP contribution in [0.15, 0.2) is 85.2 Å². The second kappa shape index (κ2) is 14.9. The second-order valence-electron chi connectivity index (χ2n) is 13.5. The molecular formula is C43H38N8O4. The van der Waals surface area contributed by atoms with Crippen molar-refractivity contribution in [1.29, 1.82) is 0 Å². The molecule has 3 aromatic heterocycles. The van der Waals surface area contributed by atoms with Crippen LogP contribution in [0.2, 0.25) is 0 Å². The number of rotatable bonds is 7. The van der Waals surface area contributed by atoms with Crippen LogP contribution >= 0.6 is 0 Å². The van der Waals surface area contributed by atoms with Crippen molar-refractivity contribution in [2.45, 2.75) is 46.2 Å². The molecule has 55 heavy (non-hydrogen) atoms. The van der Waals surface area contributed by atoms with E-state index >= 15 is 0 Å². The maximum atomic E-state index is 12.9. The van der Waals surface area contributed by atoms with Gasteiger partial charge in [-0.2, -0.15) is 0 Å². The number of pyridine rings is 2. The number of imide groups is 1. The molecule has 0 atom stereocenters. The lowest BCUT2D eigenvalue weighted by molar-refractivity contribution is -0.130. The summed E-state index contributed by atoms with van der Waals surface area (Å²) in [5, 5.41) is 9.01. The van der Waals surface area contributed by atoms with E-state index in [9.17, 15) is 19.2 Å². The van der Waals surface area contributed by atoms with Crippen molar-refractivity contribution >= 4 is 51.0 Å². The van der Waals surface area contributed by atoms with E-state index in [2.05, 4.69) is 45.0 Å². The molecule has 1 saturated heterocycles. The van der Waals surface area contributed by atoms with Crippen LogP contribution < -0.4 is 15.5 Å². The number of anilines is 1. The predicted molar refractivity (Wildman–Crippen MR) is 210 cm³/mol. The maximum absolute atomic E-state index is 12.9. The molecule has 3 aromatic carbocycles. The average molecular weight is 731 g/mol. The first-order chi connectivity index (χ1) is 26.8. The van der Waals surface area contributed by atoms with Gasteiger partial charge in [0.25, 0.3) is 5.91 Å². The zero-order valence-electron chi connectivity index (χ0n) is 30.6. The van der Waals surface area contributed by atoms with Crippen LogP contribution in [-0.2, 0) is 29.1 Å². The van der Waals surface area contributed by atoms with Gasteiger partial charge in [0, 0.05) is 92.2 Å². The van der Waals surface area contributed by atoms with E-state index in [4.69, 9.17) is 9.97 Å². The molecule has 1 fully saturated rings. The fourth-order valence-corrected chi connectivity index (χ4v) is 7.33. The van der Waals surface area contributed by atoms with Gasteiger partial charge in [-0.15, -0.1) is 0 Å². The number of hydrogen-bond donors (Lipinski definition) is 2. The number of hydrogen-bond acceptors (Lipinski definition) is 7. The smallest absolute Gasteiger partial charge is 0.328 e. The van der Waals surface area contributed by atoms with E-state index in [1.807, 2.05) is 71.8 Å². The van der Waals surface area contributed by atoms with E-state index < -0.39 is 6.03 Å². The fourth-order valence-electron chi connectivity index (χ4n) is 7.33. The van der Waals surface area contributed by atoms with Gasteiger partial charge in [-0.1, -0.05) is 61.2 Å². The molecule has 274 valence electrons. The molecule has 12 nitrogen and oxygen atoms in total. The quantitative estimate of drug-likeness (QED) is 0.155. The second-order valence-corrected chi connectivity index (χ2v) is 13.5. The van der Waals surface area contributed by atoms with Crippen LogP contribution in [0.1, 0.15) is 54.3 Å². The minimum absolute atomic E-state index is 0.0597. The molecule has 0 aliphatic carbocycles. The summed E-state index contributed by atoms with van der Waals surface area (Å²) >= 11 is 0. The summed E-state index contributed by atoms with van der Waals surface area (Å²) in [6.45, 7) is 6.31. The highest BCUT2D eigenvalue weighted by Gasteiger charge is 2.27. The lowest BCUT2D eigenvalue weighted by atomic mass is 10.0. The van der Waals surface area contributed by atoms with Crippen LogP contribution in [0.5, 0.6) is 0 Å². The third-order valence-electron chi connectivity index (χ3n) is 10.2. The van der Waals surface area contributed by atoms with Crippen LogP contribution in [0, 0.1) is 11.8 Å². The van der Waals surface area contributed by atoms with Crippen molar-refractivity contribution in [3.63, 3.8) is 0 Å². The summed E-state index contributed by atoms with van der Waals surface area (Å²) in [6.07, 6.45) is 4.99. The van der Waals surface area contributed by atoms with E-state index in [-0.39, 0.29) is 24.1 Å². The fraction of sp³-hybridized carbons (Fsp3) is 0.233. The van der Waals surface area contributed by atoms with Crippen molar-refractivity contribution in [3.05, 3.63) is 108 Å². The van der Waals surface area contributed by atoms with Gasteiger partial charge >= 0.3 is 6.03 Å². The van der Waals surface area contributed by atoms with Crippen LogP contribution in [-0.4, -0.2) is 67.8 Å². The monoisotopic (exact) mass is 730 g/mol. The average Bonchev–Trinajstić information content (AvgIpc) is 3.58. The van der Waals surface area contributed by atoms with Gasteiger partial charge in [0.05, 0.1) is 29.3 Å². The first-order valence-electron chi connectivity index (χ1n) is 18.4. The number of fused-ring (bicyclic) bond motifs is 3. The SMILES string of the molecule is CCc1nc(-c2cccc3cc(-c4ccc(C(=O)NCCC#Cc5cccc6c(N7CCC(=O)NC7=O)cccc56)nc4)ncc23)c2n1CCN(C(C)=O)C2. The molecule has 2 aliphatic rings. The minimum atomic E-state index is -0.431. The molecule has 2 N–H and O–H groups in total. The molecule has 8 rings (SSSR count). The zero-order valence-corrected chi connectivity index (χ0v) is 30.6. The highest BCUT2D eigenvalue weighted by atomic mass is 16.2. The maximum Gasteiger partial charge on any atom is 0.328 e. The van der Waals surface area contributed by atoms with Crippen molar-refractivity contribution < 1.29 is 19.2 Å². The molecule has 5 heterocycles. The van der Waals surface area contributed by atoms with Gasteiger partial charge in [-0.3, -0.25) is 34.6 Å². The Bertz CT molecular complexity index is 2580. The summed E-state index contributed by atoms with van der Waals surface area (Å²) in [4.78, 5) is 67.0. The van der Waals surface area contributed by atoms with Gasteiger partial charge in [-0.25, -0.2) is 9.78 Å². The molecule has 0 unspecified atom stereocenters. The Labute approximate surface area is 317 Å². The number of aromatic nitrogens is 4. The van der Waals surface area contributed by atoms with Crippen molar-refractivity contribution in [3.8, 4) is 34.4 Å². The molecule has 12 heteroatoms. The minimum Gasteiger partial charge on any atom is -0.350 e. The number of urea groups is 1. The Hall–Kier alpha value is -6.87. The number of carbonyl (C=O) groups excluding carboxylic acids is 4.